The second kappa shape index (κ2) is 9.50. The topological polar surface area (TPSA) is 125 Å². The lowest BCUT2D eigenvalue weighted by Gasteiger charge is -2.24. The maximum Gasteiger partial charge on any atom is 0.326 e. The van der Waals surface area contributed by atoms with E-state index in [1.54, 1.807) is 13.8 Å². The third-order valence-corrected chi connectivity index (χ3v) is 4.16. The number of aliphatic carboxylic acids is 1. The highest BCUT2D eigenvalue weighted by atomic mass is 16.4. The molecule has 142 valence electrons. The van der Waals surface area contributed by atoms with Gasteiger partial charge in [-0.15, -0.1) is 0 Å². The fraction of sp³-hybridized carbons (Fsp3) is 0.765. The van der Waals surface area contributed by atoms with Gasteiger partial charge in [-0.05, 0) is 37.6 Å². The number of amides is 2. The molecule has 1 saturated heterocycles. The lowest BCUT2D eigenvalue weighted by atomic mass is 10.00. The zero-order valence-corrected chi connectivity index (χ0v) is 15.3. The molecule has 1 rings (SSSR count). The summed E-state index contributed by atoms with van der Waals surface area (Å²) in [6.45, 7) is 7.82. The molecule has 0 aromatic rings. The van der Waals surface area contributed by atoms with E-state index in [-0.39, 0.29) is 11.8 Å². The SMILES string of the molecule is CC(C)C[C@@H](NC(=O)C(=O)C1CCCN1)C(=O)N[C@H](C(=O)O)C(C)C. The summed E-state index contributed by atoms with van der Waals surface area (Å²) >= 11 is 0. The highest BCUT2D eigenvalue weighted by Crippen LogP contribution is 2.10. The third-order valence-electron chi connectivity index (χ3n) is 4.16. The van der Waals surface area contributed by atoms with E-state index in [4.69, 9.17) is 0 Å². The molecule has 1 heterocycles. The summed E-state index contributed by atoms with van der Waals surface area (Å²) in [4.78, 5) is 48.0. The van der Waals surface area contributed by atoms with E-state index >= 15 is 0 Å². The summed E-state index contributed by atoms with van der Waals surface area (Å²) in [6, 6.07) is -2.50. The van der Waals surface area contributed by atoms with Crippen LogP contribution in [0.15, 0.2) is 0 Å². The van der Waals surface area contributed by atoms with Crippen molar-refractivity contribution in [3.63, 3.8) is 0 Å². The Morgan fingerprint density at radius 3 is 2.20 bits per heavy atom. The highest BCUT2D eigenvalue weighted by Gasteiger charge is 2.33. The van der Waals surface area contributed by atoms with E-state index in [0.29, 0.717) is 19.4 Å². The van der Waals surface area contributed by atoms with Crippen molar-refractivity contribution < 1.29 is 24.3 Å². The molecule has 25 heavy (non-hydrogen) atoms. The Morgan fingerprint density at radius 1 is 1.12 bits per heavy atom. The molecule has 8 nitrogen and oxygen atoms in total. The Morgan fingerprint density at radius 2 is 1.76 bits per heavy atom. The molecule has 0 radical (unpaired) electrons. The maximum atomic E-state index is 12.5. The number of hydrogen-bond donors (Lipinski definition) is 4. The smallest absolute Gasteiger partial charge is 0.326 e. The minimum atomic E-state index is -1.13. The van der Waals surface area contributed by atoms with Crippen molar-refractivity contribution in [1.29, 1.82) is 0 Å². The quantitative estimate of drug-likeness (QED) is 0.434. The molecule has 1 unspecified atom stereocenters. The van der Waals surface area contributed by atoms with Crippen LogP contribution in [0.25, 0.3) is 0 Å². The Bertz CT molecular complexity index is 512. The first-order chi connectivity index (χ1) is 11.6. The van der Waals surface area contributed by atoms with Crippen molar-refractivity contribution in [3.8, 4) is 0 Å². The minimum absolute atomic E-state index is 0.0816. The Balaban J connectivity index is 2.78. The molecule has 2 amide bonds. The van der Waals surface area contributed by atoms with Crippen LogP contribution in [0.5, 0.6) is 0 Å². The van der Waals surface area contributed by atoms with Crippen molar-refractivity contribution in [2.24, 2.45) is 11.8 Å². The molecular formula is C17H29N3O5. The molecule has 1 aliphatic heterocycles. The molecule has 0 aromatic carbocycles. The zero-order chi connectivity index (χ0) is 19.1. The van der Waals surface area contributed by atoms with Crippen LogP contribution in [-0.4, -0.2) is 53.3 Å². The number of carboxylic acid groups (broad SMARTS) is 1. The van der Waals surface area contributed by atoms with Crippen molar-refractivity contribution in [1.82, 2.24) is 16.0 Å². The van der Waals surface area contributed by atoms with Gasteiger partial charge in [-0.1, -0.05) is 27.7 Å². The summed E-state index contributed by atoms with van der Waals surface area (Å²) in [5.41, 5.74) is 0. The molecule has 0 aromatic heterocycles. The standard InChI is InChI=1S/C17H29N3O5/c1-9(2)8-12(15(22)20-13(10(3)4)17(24)25)19-16(23)14(21)11-6-5-7-18-11/h9-13,18H,5-8H2,1-4H3,(H,19,23)(H,20,22)(H,24,25)/t11?,12-,13+/m1/s1. The average molecular weight is 355 g/mol. The molecule has 0 saturated carbocycles. The Kier molecular flexibility index (Phi) is 8.02. The molecule has 0 spiro atoms. The van der Waals surface area contributed by atoms with Gasteiger partial charge < -0.3 is 21.1 Å². The van der Waals surface area contributed by atoms with Crippen LogP contribution in [0.4, 0.5) is 0 Å². The Hall–Kier alpha value is -1.96. The summed E-state index contributed by atoms with van der Waals surface area (Å²) in [7, 11) is 0. The monoisotopic (exact) mass is 355 g/mol. The molecule has 3 atom stereocenters. The first-order valence-corrected chi connectivity index (χ1v) is 8.74. The van der Waals surface area contributed by atoms with Crippen molar-refractivity contribution >= 4 is 23.6 Å². The van der Waals surface area contributed by atoms with Crippen LogP contribution in [0, 0.1) is 11.8 Å². The summed E-state index contributed by atoms with van der Waals surface area (Å²) in [6.07, 6.45) is 1.74. The van der Waals surface area contributed by atoms with Crippen molar-refractivity contribution in [3.05, 3.63) is 0 Å². The highest BCUT2D eigenvalue weighted by molar-refractivity contribution is 6.38. The number of hydrogen-bond acceptors (Lipinski definition) is 5. The second-order valence-corrected chi connectivity index (χ2v) is 7.24. The fourth-order valence-corrected chi connectivity index (χ4v) is 2.77. The van der Waals surface area contributed by atoms with Gasteiger partial charge in [0.15, 0.2) is 0 Å². The lowest BCUT2D eigenvalue weighted by molar-refractivity contribution is -0.144. The molecule has 0 bridgehead atoms. The minimum Gasteiger partial charge on any atom is -0.480 e. The zero-order valence-electron chi connectivity index (χ0n) is 15.3. The van der Waals surface area contributed by atoms with Gasteiger partial charge in [-0.25, -0.2) is 4.79 Å². The molecule has 8 heteroatoms. The van der Waals surface area contributed by atoms with E-state index in [2.05, 4.69) is 16.0 Å². The van der Waals surface area contributed by atoms with Crippen molar-refractivity contribution in [2.45, 2.75) is 65.1 Å². The predicted octanol–water partition coefficient (Wildman–Crippen LogP) is 0.0638. The number of carboxylic acids is 1. The second-order valence-electron chi connectivity index (χ2n) is 7.24. The van der Waals surface area contributed by atoms with Crippen LogP contribution in [0.1, 0.15) is 47.0 Å². The van der Waals surface area contributed by atoms with Gasteiger partial charge in [0.2, 0.25) is 11.7 Å². The van der Waals surface area contributed by atoms with Crippen LogP contribution < -0.4 is 16.0 Å². The number of carbonyl (C=O) groups excluding carboxylic acids is 3. The van der Waals surface area contributed by atoms with Gasteiger partial charge in [0, 0.05) is 0 Å². The molecular weight excluding hydrogens is 326 g/mol. The normalized spacial score (nSPS) is 19.5. The predicted molar refractivity (Wildman–Crippen MR) is 91.8 cm³/mol. The van der Waals surface area contributed by atoms with Crippen LogP contribution >= 0.6 is 0 Å². The fourth-order valence-electron chi connectivity index (χ4n) is 2.77. The van der Waals surface area contributed by atoms with Crippen LogP contribution in [0.2, 0.25) is 0 Å². The molecule has 0 aliphatic carbocycles. The number of carbonyl (C=O) groups is 4. The van der Waals surface area contributed by atoms with Crippen LogP contribution in [-0.2, 0) is 19.2 Å². The Labute approximate surface area is 148 Å². The van der Waals surface area contributed by atoms with E-state index in [1.165, 1.54) is 0 Å². The van der Waals surface area contributed by atoms with Crippen LogP contribution in [0.3, 0.4) is 0 Å². The van der Waals surface area contributed by atoms with Gasteiger partial charge in [0.1, 0.15) is 12.1 Å². The molecule has 4 N–H and O–H groups in total. The third kappa shape index (κ3) is 6.45. The number of nitrogens with one attached hydrogen (secondary N) is 3. The largest absolute Gasteiger partial charge is 0.480 e. The number of ketones is 1. The first kappa shape index (κ1) is 21.1. The van der Waals surface area contributed by atoms with Gasteiger partial charge in [0.05, 0.1) is 6.04 Å². The molecule has 1 aliphatic rings. The lowest BCUT2D eigenvalue weighted by Crippen LogP contribution is -2.55. The van der Waals surface area contributed by atoms with Gasteiger partial charge in [0.25, 0.3) is 5.91 Å². The van der Waals surface area contributed by atoms with E-state index in [0.717, 1.165) is 6.42 Å². The summed E-state index contributed by atoms with van der Waals surface area (Å²) in [5.74, 6) is -3.34. The van der Waals surface area contributed by atoms with Gasteiger partial charge in [-0.3, -0.25) is 14.4 Å². The first-order valence-electron chi connectivity index (χ1n) is 8.74. The number of rotatable bonds is 9. The summed E-state index contributed by atoms with van der Waals surface area (Å²) < 4.78 is 0. The summed E-state index contributed by atoms with van der Waals surface area (Å²) in [5, 5.41) is 17.1. The van der Waals surface area contributed by atoms with Gasteiger partial charge >= 0.3 is 5.97 Å². The van der Waals surface area contributed by atoms with Gasteiger partial charge in [-0.2, -0.15) is 0 Å². The van der Waals surface area contributed by atoms with E-state index in [1.807, 2.05) is 13.8 Å². The molecule has 1 fully saturated rings. The van der Waals surface area contributed by atoms with E-state index < -0.39 is 41.7 Å². The maximum absolute atomic E-state index is 12.5. The number of Topliss-reactive ketones (excluding diaryl/α,β-unsaturated/α-hetero) is 1. The van der Waals surface area contributed by atoms with E-state index in [9.17, 15) is 24.3 Å². The average Bonchev–Trinajstić information content (AvgIpc) is 3.03. The van der Waals surface area contributed by atoms with Crippen molar-refractivity contribution in [2.75, 3.05) is 6.54 Å².